The molecule has 2 unspecified atom stereocenters. The number of aromatic nitrogens is 1. The Bertz CT molecular complexity index is 1330. The number of carbonyl (C=O) groups is 2. The van der Waals surface area contributed by atoms with Crippen LogP contribution in [0.2, 0.25) is 0 Å². The highest BCUT2D eigenvalue weighted by Crippen LogP contribution is 2.44. The summed E-state index contributed by atoms with van der Waals surface area (Å²) in [6.45, 7) is 2.35. The smallest absolute Gasteiger partial charge is 0.308 e. The minimum atomic E-state index is -2.29. The maximum atomic E-state index is 12.9. The molecule has 0 saturated heterocycles. The highest BCUT2D eigenvalue weighted by atomic mass is 32.2. The first kappa shape index (κ1) is 27.9. The van der Waals surface area contributed by atoms with E-state index in [0.717, 1.165) is 29.5 Å². The summed E-state index contributed by atoms with van der Waals surface area (Å²) >= 11 is -2.29. The number of methoxy groups -OCH3 is 1. The molecule has 2 heterocycles. The van der Waals surface area contributed by atoms with E-state index in [0.29, 0.717) is 35.2 Å². The Labute approximate surface area is 223 Å². The van der Waals surface area contributed by atoms with Crippen molar-refractivity contribution in [3.05, 3.63) is 52.7 Å². The molecule has 1 saturated carbocycles. The van der Waals surface area contributed by atoms with Gasteiger partial charge in [0.05, 0.1) is 35.7 Å². The number of rotatable bonds is 13. The van der Waals surface area contributed by atoms with Gasteiger partial charge in [-0.05, 0) is 50.2 Å². The van der Waals surface area contributed by atoms with Crippen LogP contribution in [0.1, 0.15) is 58.8 Å². The topological polar surface area (TPSA) is 142 Å². The first-order valence-corrected chi connectivity index (χ1v) is 13.6. The lowest BCUT2D eigenvalue weighted by molar-refractivity contribution is -0.143. The zero-order chi connectivity index (χ0) is 27.4. The van der Waals surface area contributed by atoms with Crippen LogP contribution in [-0.2, 0) is 27.3 Å². The maximum Gasteiger partial charge on any atom is 0.308 e. The lowest BCUT2D eigenvalue weighted by Crippen LogP contribution is -2.28. The first-order chi connectivity index (χ1) is 18.2. The summed E-state index contributed by atoms with van der Waals surface area (Å²) < 4.78 is 34.7. The molecular weight excluding hydrogens is 510 g/mol. The van der Waals surface area contributed by atoms with Crippen molar-refractivity contribution in [2.45, 2.75) is 45.1 Å². The van der Waals surface area contributed by atoms with Gasteiger partial charge in [-0.2, -0.15) is 4.31 Å². The number of aryl methyl sites for hydroxylation is 1. The fourth-order valence-electron chi connectivity index (χ4n) is 4.58. The van der Waals surface area contributed by atoms with Gasteiger partial charge in [-0.3, -0.25) is 14.1 Å². The number of nitrogens with one attached hydrogen (secondary N) is 1. The third-order valence-corrected chi connectivity index (χ3v) is 7.56. The average Bonchev–Trinajstić information content (AvgIpc) is 3.67. The molecule has 3 N–H and O–H groups in total. The SMILES string of the molecule is CNC(=O)c1c(-c2ccc(C)cc2)oc2nc(CN(CCCC(COC)C(=O)O)S(=O)O)c(C3CC3)cc12. The minimum absolute atomic E-state index is 0.0804. The van der Waals surface area contributed by atoms with Crippen LogP contribution in [0.4, 0.5) is 0 Å². The molecule has 2 atom stereocenters. The van der Waals surface area contributed by atoms with Gasteiger partial charge < -0.3 is 19.6 Å². The van der Waals surface area contributed by atoms with E-state index in [9.17, 15) is 23.5 Å². The number of pyridine rings is 1. The van der Waals surface area contributed by atoms with Gasteiger partial charge in [0.1, 0.15) is 5.76 Å². The predicted molar refractivity (Wildman–Crippen MR) is 143 cm³/mol. The fourth-order valence-corrected chi connectivity index (χ4v) is 5.10. The van der Waals surface area contributed by atoms with E-state index in [1.807, 2.05) is 37.3 Å². The van der Waals surface area contributed by atoms with Gasteiger partial charge in [0.25, 0.3) is 5.91 Å². The molecule has 3 aromatic rings. The molecular formula is C27H33N3O7S. The van der Waals surface area contributed by atoms with Crippen molar-refractivity contribution < 1.29 is 32.6 Å². The molecule has 0 bridgehead atoms. The van der Waals surface area contributed by atoms with Gasteiger partial charge in [0.15, 0.2) is 0 Å². The molecule has 1 aliphatic rings. The van der Waals surface area contributed by atoms with Gasteiger partial charge in [0, 0.05) is 26.3 Å². The van der Waals surface area contributed by atoms with Crippen LogP contribution in [0.15, 0.2) is 34.7 Å². The zero-order valence-corrected chi connectivity index (χ0v) is 22.5. The Balaban J connectivity index is 1.68. The average molecular weight is 544 g/mol. The van der Waals surface area contributed by atoms with Crippen LogP contribution in [0.5, 0.6) is 0 Å². The van der Waals surface area contributed by atoms with Crippen molar-refractivity contribution in [2.75, 3.05) is 27.3 Å². The van der Waals surface area contributed by atoms with Gasteiger partial charge in [-0.15, -0.1) is 0 Å². The molecule has 0 aliphatic heterocycles. The second-order valence-electron chi connectivity index (χ2n) is 9.63. The number of fused-ring (bicyclic) bond motifs is 1. The number of carbonyl (C=O) groups excluding carboxylic acids is 1. The fraction of sp³-hybridized carbons (Fsp3) is 0.444. The van der Waals surface area contributed by atoms with Crippen LogP contribution in [-0.4, -0.2) is 62.3 Å². The van der Waals surface area contributed by atoms with Crippen molar-refractivity contribution in [1.82, 2.24) is 14.6 Å². The van der Waals surface area contributed by atoms with E-state index >= 15 is 0 Å². The Hall–Kier alpha value is -3.12. The number of nitrogens with zero attached hydrogens (tertiary/aromatic N) is 2. The van der Waals surface area contributed by atoms with E-state index in [2.05, 4.69) is 5.32 Å². The number of aliphatic carboxylic acids is 1. The van der Waals surface area contributed by atoms with Gasteiger partial charge in [-0.1, -0.05) is 29.8 Å². The van der Waals surface area contributed by atoms with E-state index in [1.165, 1.54) is 11.4 Å². The molecule has 1 aromatic carbocycles. The molecule has 4 rings (SSSR count). The number of amides is 1. The number of carboxylic acid groups (broad SMARTS) is 1. The van der Waals surface area contributed by atoms with E-state index in [-0.39, 0.29) is 37.2 Å². The third kappa shape index (κ3) is 6.29. The van der Waals surface area contributed by atoms with Crippen LogP contribution in [0, 0.1) is 12.8 Å². The van der Waals surface area contributed by atoms with Crippen LogP contribution < -0.4 is 5.32 Å². The summed E-state index contributed by atoms with van der Waals surface area (Å²) in [6, 6.07) is 9.61. The molecule has 1 fully saturated rings. The summed E-state index contributed by atoms with van der Waals surface area (Å²) in [7, 11) is 3.01. The van der Waals surface area contributed by atoms with Crippen molar-refractivity contribution in [3.63, 3.8) is 0 Å². The quantitative estimate of drug-likeness (QED) is 0.274. The van der Waals surface area contributed by atoms with Crippen LogP contribution in [0.3, 0.4) is 0 Å². The Kier molecular flexibility index (Phi) is 8.93. The zero-order valence-electron chi connectivity index (χ0n) is 21.7. The van der Waals surface area contributed by atoms with Gasteiger partial charge in [-0.25, -0.2) is 9.19 Å². The number of ether oxygens (including phenoxy) is 1. The number of benzene rings is 1. The Morgan fingerprint density at radius 1 is 1.29 bits per heavy atom. The van der Waals surface area contributed by atoms with Crippen molar-refractivity contribution in [3.8, 4) is 11.3 Å². The van der Waals surface area contributed by atoms with Crippen LogP contribution in [0.25, 0.3) is 22.4 Å². The number of carboxylic acids is 1. The lowest BCUT2D eigenvalue weighted by atomic mass is 10.0. The Morgan fingerprint density at radius 2 is 2.00 bits per heavy atom. The molecule has 1 amide bonds. The molecule has 10 nitrogen and oxygen atoms in total. The summed E-state index contributed by atoms with van der Waals surface area (Å²) in [5.74, 6) is -1.24. The molecule has 2 aromatic heterocycles. The highest BCUT2D eigenvalue weighted by Gasteiger charge is 2.31. The normalized spacial score (nSPS) is 15.1. The minimum Gasteiger partial charge on any atom is -0.481 e. The largest absolute Gasteiger partial charge is 0.481 e. The second kappa shape index (κ2) is 12.2. The standard InChI is InChI=1S/C27H33N3O7S/c1-16-6-8-18(9-7-16)24-23(25(31)28-2)21-13-20(17-10-11-17)22(29-26(21)37-24)14-30(38(34)35)12-4-5-19(15-36-3)27(32)33/h6-9,13,17,19H,4-5,10-12,14-15H2,1-3H3,(H,28,31)(H,32,33)(H,34,35). The highest BCUT2D eigenvalue weighted by molar-refractivity contribution is 7.76. The van der Waals surface area contributed by atoms with Gasteiger partial charge >= 0.3 is 5.97 Å². The number of furan rings is 1. The van der Waals surface area contributed by atoms with E-state index in [4.69, 9.17) is 14.1 Å². The predicted octanol–water partition coefficient (Wildman–Crippen LogP) is 4.11. The monoisotopic (exact) mass is 543 g/mol. The summed E-state index contributed by atoms with van der Waals surface area (Å²) in [5.41, 5.74) is 4.07. The van der Waals surface area contributed by atoms with Crippen LogP contribution >= 0.6 is 0 Å². The molecule has 0 radical (unpaired) electrons. The van der Waals surface area contributed by atoms with E-state index in [1.54, 1.807) is 7.05 Å². The maximum absolute atomic E-state index is 12.9. The van der Waals surface area contributed by atoms with Gasteiger partial charge in [0.2, 0.25) is 17.0 Å². The number of hydrogen-bond acceptors (Lipinski definition) is 6. The molecule has 204 valence electrons. The van der Waals surface area contributed by atoms with Crippen molar-refractivity contribution in [2.24, 2.45) is 5.92 Å². The molecule has 0 spiro atoms. The van der Waals surface area contributed by atoms with E-state index < -0.39 is 23.2 Å². The summed E-state index contributed by atoms with van der Waals surface area (Å²) in [6.07, 6.45) is 2.65. The molecule has 11 heteroatoms. The first-order valence-electron chi connectivity index (χ1n) is 12.6. The summed E-state index contributed by atoms with van der Waals surface area (Å²) in [4.78, 5) is 29.1. The summed E-state index contributed by atoms with van der Waals surface area (Å²) in [5, 5.41) is 12.6. The third-order valence-electron chi connectivity index (χ3n) is 6.80. The molecule has 38 heavy (non-hydrogen) atoms. The molecule has 1 aliphatic carbocycles. The second-order valence-corrected chi connectivity index (χ2v) is 10.6. The lowest BCUT2D eigenvalue weighted by Gasteiger charge is -2.20. The van der Waals surface area contributed by atoms with Crippen molar-refractivity contribution in [1.29, 1.82) is 0 Å². The number of hydrogen-bond donors (Lipinski definition) is 3. The Morgan fingerprint density at radius 3 is 2.58 bits per heavy atom. The van der Waals surface area contributed by atoms with Crippen molar-refractivity contribution >= 4 is 34.2 Å².